The van der Waals surface area contributed by atoms with Gasteiger partial charge in [-0.3, -0.25) is 4.79 Å². The van der Waals surface area contributed by atoms with Crippen molar-refractivity contribution in [2.45, 2.75) is 71.7 Å². The molecule has 1 amide bonds. The van der Waals surface area contributed by atoms with E-state index in [1.807, 2.05) is 6.92 Å². The highest BCUT2D eigenvalue weighted by atomic mass is 16.6. The van der Waals surface area contributed by atoms with E-state index in [0.29, 0.717) is 37.5 Å². The summed E-state index contributed by atoms with van der Waals surface area (Å²) >= 11 is 0. The number of fused-ring (bicyclic) bond motifs is 1. The van der Waals surface area contributed by atoms with Crippen molar-refractivity contribution in [1.82, 2.24) is 5.32 Å². The molecule has 5 heteroatoms. The number of rotatable bonds is 7. The average Bonchev–Trinajstić information content (AvgIpc) is 2.79. The van der Waals surface area contributed by atoms with E-state index in [4.69, 9.17) is 9.47 Å². The molecule has 1 heterocycles. The molecule has 1 aliphatic heterocycles. The van der Waals surface area contributed by atoms with Gasteiger partial charge >= 0.3 is 0 Å². The maximum Gasteiger partial charge on any atom is 0.219 e. The van der Waals surface area contributed by atoms with Gasteiger partial charge in [-0.05, 0) is 43.9 Å². The Morgan fingerprint density at radius 1 is 1.33 bits per heavy atom. The van der Waals surface area contributed by atoms with E-state index in [-0.39, 0.29) is 11.8 Å². The molecule has 2 rings (SSSR count). The zero-order chi connectivity index (χ0) is 17.5. The predicted octanol–water partition coefficient (Wildman–Crippen LogP) is 2.72. The third-order valence-corrected chi connectivity index (χ3v) is 5.94. The number of nitrogens with one attached hydrogen (secondary N) is 1. The Hall–Kier alpha value is -0.650. The second-order valence-corrected chi connectivity index (χ2v) is 7.56. The van der Waals surface area contributed by atoms with Crippen molar-refractivity contribution >= 4 is 5.91 Å². The van der Waals surface area contributed by atoms with Crippen molar-refractivity contribution in [1.29, 1.82) is 0 Å². The third kappa shape index (κ3) is 5.43. The summed E-state index contributed by atoms with van der Waals surface area (Å²) in [6.45, 7) is 7.71. The van der Waals surface area contributed by atoms with Gasteiger partial charge in [-0.2, -0.15) is 0 Å². The van der Waals surface area contributed by atoms with Gasteiger partial charge in [-0.25, -0.2) is 0 Å². The van der Waals surface area contributed by atoms with E-state index < -0.39 is 6.29 Å². The monoisotopic (exact) mass is 341 g/mol. The smallest absolute Gasteiger partial charge is 0.219 e. The largest absolute Gasteiger partial charge is 0.378 e. The molecule has 5 nitrogen and oxygen atoms in total. The summed E-state index contributed by atoms with van der Waals surface area (Å²) in [5, 5.41) is 13.2. The molecule has 2 N–H and O–H groups in total. The quantitative estimate of drug-likeness (QED) is 0.552. The van der Waals surface area contributed by atoms with Crippen molar-refractivity contribution in [3.63, 3.8) is 0 Å². The molecule has 0 aromatic rings. The summed E-state index contributed by atoms with van der Waals surface area (Å²) < 4.78 is 11.6. The van der Waals surface area contributed by atoms with Gasteiger partial charge in [0.2, 0.25) is 5.91 Å². The number of ether oxygens (including phenoxy) is 2. The second-order valence-electron chi connectivity index (χ2n) is 7.56. The molecule has 1 saturated carbocycles. The van der Waals surface area contributed by atoms with E-state index in [1.54, 1.807) is 0 Å². The summed E-state index contributed by atoms with van der Waals surface area (Å²) in [5.41, 5.74) is 0. The van der Waals surface area contributed by atoms with E-state index in [2.05, 4.69) is 19.2 Å². The van der Waals surface area contributed by atoms with Crippen molar-refractivity contribution in [2.75, 3.05) is 19.8 Å². The molecule has 140 valence electrons. The number of aliphatic hydroxyl groups is 1. The van der Waals surface area contributed by atoms with Gasteiger partial charge in [0.05, 0.1) is 19.3 Å². The zero-order valence-electron chi connectivity index (χ0n) is 15.5. The first-order valence-corrected chi connectivity index (χ1v) is 9.70. The summed E-state index contributed by atoms with van der Waals surface area (Å²) in [6, 6.07) is 0. The molecule has 6 atom stereocenters. The number of amides is 1. The average molecular weight is 341 g/mol. The molecule has 6 unspecified atom stereocenters. The minimum Gasteiger partial charge on any atom is -0.378 e. The zero-order valence-corrected chi connectivity index (χ0v) is 15.5. The molecule has 24 heavy (non-hydrogen) atoms. The molecule has 0 spiro atoms. The lowest BCUT2D eigenvalue weighted by molar-refractivity contribution is -0.155. The number of hydrogen-bond donors (Lipinski definition) is 2. The lowest BCUT2D eigenvalue weighted by Crippen LogP contribution is -2.40. The highest BCUT2D eigenvalue weighted by Gasteiger charge is 2.40. The fraction of sp³-hybridized carbons (Fsp3) is 0.947. The number of carbonyl (C=O) groups excluding carboxylic acids is 1. The molecule has 0 radical (unpaired) electrons. The second kappa shape index (κ2) is 9.73. The van der Waals surface area contributed by atoms with E-state index >= 15 is 0 Å². The lowest BCUT2D eigenvalue weighted by atomic mass is 9.66. The van der Waals surface area contributed by atoms with Crippen molar-refractivity contribution < 1.29 is 19.4 Å². The molecular formula is C19H35NO4. The minimum absolute atomic E-state index is 0.0148. The number of carbonyl (C=O) groups is 1. The number of hydrogen-bond acceptors (Lipinski definition) is 4. The van der Waals surface area contributed by atoms with Gasteiger partial charge in [-0.1, -0.05) is 26.7 Å². The highest BCUT2D eigenvalue weighted by Crippen LogP contribution is 2.44. The van der Waals surface area contributed by atoms with Gasteiger partial charge in [0.25, 0.3) is 0 Å². The highest BCUT2D eigenvalue weighted by molar-refractivity contribution is 5.75. The first kappa shape index (κ1) is 19.7. The molecule has 1 aliphatic carbocycles. The Kier molecular flexibility index (Phi) is 7.98. The molecule has 0 aromatic heterocycles. The number of aliphatic hydroxyl groups excluding tert-OH is 1. The van der Waals surface area contributed by atoms with Crippen LogP contribution in [0.2, 0.25) is 0 Å². The summed E-state index contributed by atoms with van der Waals surface area (Å²) in [7, 11) is 0. The maximum absolute atomic E-state index is 11.2. The Morgan fingerprint density at radius 2 is 2.12 bits per heavy atom. The predicted molar refractivity (Wildman–Crippen MR) is 93.4 cm³/mol. The van der Waals surface area contributed by atoms with Crippen LogP contribution in [-0.4, -0.2) is 43.2 Å². The van der Waals surface area contributed by atoms with Crippen LogP contribution in [0.1, 0.15) is 59.3 Å². The molecule has 0 bridgehead atoms. The fourth-order valence-corrected chi connectivity index (χ4v) is 4.33. The van der Waals surface area contributed by atoms with Crippen LogP contribution in [0, 0.1) is 23.7 Å². The van der Waals surface area contributed by atoms with Crippen LogP contribution in [0.25, 0.3) is 0 Å². The van der Waals surface area contributed by atoms with Gasteiger partial charge in [0.15, 0.2) is 6.29 Å². The van der Waals surface area contributed by atoms with Crippen molar-refractivity contribution in [3.05, 3.63) is 0 Å². The van der Waals surface area contributed by atoms with Crippen LogP contribution in [0.3, 0.4) is 0 Å². The van der Waals surface area contributed by atoms with E-state index in [1.165, 1.54) is 19.3 Å². The third-order valence-electron chi connectivity index (χ3n) is 5.94. The summed E-state index contributed by atoms with van der Waals surface area (Å²) in [6.07, 6.45) is 6.14. The van der Waals surface area contributed by atoms with Gasteiger partial charge < -0.3 is 19.9 Å². The fourth-order valence-electron chi connectivity index (χ4n) is 4.33. The van der Waals surface area contributed by atoms with Crippen LogP contribution in [0.5, 0.6) is 0 Å². The topological polar surface area (TPSA) is 67.8 Å². The van der Waals surface area contributed by atoms with Gasteiger partial charge in [0.1, 0.15) is 0 Å². The SMILES string of the molecule is CCC(=O)NCCOC(O)C(C)C1CCCC2CCC(C)OCC21. The molecule has 2 fully saturated rings. The first-order chi connectivity index (χ1) is 11.5. The van der Waals surface area contributed by atoms with Crippen LogP contribution in [-0.2, 0) is 14.3 Å². The van der Waals surface area contributed by atoms with Gasteiger partial charge in [-0.15, -0.1) is 0 Å². The Labute approximate surface area is 146 Å². The molecule has 1 saturated heterocycles. The standard InChI is InChI=1S/C19H35NO4/c1-4-18(21)20-10-11-23-19(22)14(3)16-7-5-6-15-9-8-13(2)24-12-17(15)16/h13-17,19,22H,4-12H2,1-3H3,(H,20,21). The summed E-state index contributed by atoms with van der Waals surface area (Å²) in [5.74, 6) is 1.83. The first-order valence-electron chi connectivity index (χ1n) is 9.70. The minimum atomic E-state index is -0.770. The Balaban J connectivity index is 1.82. The maximum atomic E-state index is 11.2. The molecule has 0 aromatic carbocycles. The van der Waals surface area contributed by atoms with Crippen molar-refractivity contribution in [3.8, 4) is 0 Å². The van der Waals surface area contributed by atoms with E-state index in [9.17, 15) is 9.90 Å². The van der Waals surface area contributed by atoms with E-state index in [0.717, 1.165) is 25.4 Å². The van der Waals surface area contributed by atoms with Crippen LogP contribution in [0.4, 0.5) is 0 Å². The Morgan fingerprint density at radius 3 is 2.88 bits per heavy atom. The molecular weight excluding hydrogens is 306 g/mol. The Bertz CT molecular complexity index is 390. The van der Waals surface area contributed by atoms with Crippen molar-refractivity contribution in [2.24, 2.45) is 23.7 Å². The lowest BCUT2D eigenvalue weighted by Gasteiger charge is -2.41. The van der Waals surface area contributed by atoms with Gasteiger partial charge in [0, 0.05) is 18.9 Å². The summed E-state index contributed by atoms with van der Waals surface area (Å²) in [4.78, 5) is 11.2. The normalized spacial score (nSPS) is 33.2. The van der Waals surface area contributed by atoms with Crippen LogP contribution >= 0.6 is 0 Å². The van der Waals surface area contributed by atoms with Crippen LogP contribution < -0.4 is 5.32 Å². The molecule has 2 aliphatic rings. The van der Waals surface area contributed by atoms with Crippen LogP contribution in [0.15, 0.2) is 0 Å².